The van der Waals surface area contributed by atoms with Gasteiger partial charge in [-0.2, -0.15) is 0 Å². The van der Waals surface area contributed by atoms with Gasteiger partial charge in [-0.25, -0.2) is 0 Å². The van der Waals surface area contributed by atoms with E-state index in [0.29, 0.717) is 0 Å². The normalized spacial score (nSPS) is 10.7. The molecule has 0 bridgehead atoms. The van der Waals surface area contributed by atoms with Gasteiger partial charge in [0.25, 0.3) is 0 Å². The van der Waals surface area contributed by atoms with E-state index < -0.39 is 0 Å². The minimum Gasteiger partial charge on any atom is -0.411 e. The molecule has 0 amide bonds. The Balaban J connectivity index is 3.20. The first kappa shape index (κ1) is 8.20. The number of oxime groups is 1. The van der Waals surface area contributed by atoms with Crippen LogP contribution in [0.2, 0.25) is 0 Å². The molecule has 1 aromatic rings. The summed E-state index contributed by atoms with van der Waals surface area (Å²) in [6.07, 6.45) is 4.74. The van der Waals surface area contributed by atoms with E-state index in [-0.39, 0.29) is 0 Å². The highest BCUT2D eigenvalue weighted by atomic mass is 79.9. The van der Waals surface area contributed by atoms with Crippen LogP contribution in [0.3, 0.4) is 0 Å². The van der Waals surface area contributed by atoms with E-state index in [2.05, 4.69) is 26.1 Å². The molecule has 0 aliphatic carbocycles. The van der Waals surface area contributed by atoms with E-state index in [1.165, 1.54) is 6.21 Å². The van der Waals surface area contributed by atoms with E-state index in [0.717, 1.165) is 15.6 Å². The minimum atomic E-state index is 0.829. The maximum atomic E-state index is 8.30. The lowest BCUT2D eigenvalue weighted by Gasteiger charge is -1.99. The second-order valence-corrected chi connectivity index (χ2v) is 2.95. The summed E-state index contributed by atoms with van der Waals surface area (Å²) in [5.74, 6) is 0. The van der Waals surface area contributed by atoms with Crippen LogP contribution in [-0.4, -0.2) is 16.4 Å². The third-order valence-electron chi connectivity index (χ3n) is 1.33. The lowest BCUT2D eigenvalue weighted by Crippen LogP contribution is -1.90. The van der Waals surface area contributed by atoms with Crippen LogP contribution in [0.1, 0.15) is 11.1 Å². The van der Waals surface area contributed by atoms with Crippen molar-refractivity contribution in [2.24, 2.45) is 5.16 Å². The highest BCUT2D eigenvalue weighted by Crippen LogP contribution is 2.15. The third-order valence-corrected chi connectivity index (χ3v) is 1.96. The van der Waals surface area contributed by atoms with Gasteiger partial charge >= 0.3 is 0 Å². The fourth-order valence-corrected chi connectivity index (χ4v) is 1.30. The molecule has 0 atom stereocenters. The predicted octanol–water partition coefficient (Wildman–Crippen LogP) is 1.96. The first-order chi connectivity index (χ1) is 5.25. The van der Waals surface area contributed by atoms with Crippen molar-refractivity contribution in [2.75, 3.05) is 0 Å². The van der Waals surface area contributed by atoms with Crippen LogP contribution in [-0.2, 0) is 0 Å². The number of hydrogen-bond donors (Lipinski definition) is 1. The maximum absolute atomic E-state index is 8.30. The summed E-state index contributed by atoms with van der Waals surface area (Å²) in [6, 6.07) is 0. The summed E-state index contributed by atoms with van der Waals surface area (Å²) in [6.45, 7) is 1.90. The second-order valence-electron chi connectivity index (χ2n) is 2.10. The zero-order valence-electron chi connectivity index (χ0n) is 5.95. The zero-order valence-corrected chi connectivity index (χ0v) is 7.54. The summed E-state index contributed by atoms with van der Waals surface area (Å²) >= 11 is 3.28. The number of rotatable bonds is 1. The zero-order chi connectivity index (χ0) is 8.27. The Labute approximate surface area is 72.9 Å². The van der Waals surface area contributed by atoms with E-state index in [1.807, 2.05) is 6.92 Å². The van der Waals surface area contributed by atoms with E-state index in [1.54, 1.807) is 12.4 Å². The molecule has 58 valence electrons. The molecular weight excluding hydrogens is 208 g/mol. The topological polar surface area (TPSA) is 45.5 Å². The Hall–Kier alpha value is -0.900. The van der Waals surface area contributed by atoms with Gasteiger partial charge in [-0.15, -0.1) is 0 Å². The summed E-state index contributed by atoms with van der Waals surface area (Å²) < 4.78 is 0.829. The molecule has 0 aromatic carbocycles. The monoisotopic (exact) mass is 214 g/mol. The van der Waals surface area contributed by atoms with Crippen molar-refractivity contribution in [3.8, 4) is 0 Å². The van der Waals surface area contributed by atoms with Crippen LogP contribution < -0.4 is 0 Å². The van der Waals surface area contributed by atoms with Crippen molar-refractivity contribution in [1.82, 2.24) is 4.98 Å². The fourth-order valence-electron chi connectivity index (χ4n) is 0.763. The molecule has 0 radical (unpaired) electrons. The standard InChI is InChI=1S/C7H7BrN2O/c1-5-2-9-4-7(8)6(5)3-10-11/h2-4,11H,1H3/b10-3-. The average Bonchev–Trinajstić information content (AvgIpc) is 1.97. The average molecular weight is 215 g/mol. The summed E-state index contributed by atoms with van der Waals surface area (Å²) in [4.78, 5) is 3.94. The van der Waals surface area contributed by atoms with Crippen LogP contribution >= 0.6 is 15.9 Å². The Morgan fingerprint density at radius 3 is 2.91 bits per heavy atom. The van der Waals surface area contributed by atoms with E-state index >= 15 is 0 Å². The van der Waals surface area contributed by atoms with Crippen molar-refractivity contribution < 1.29 is 5.21 Å². The van der Waals surface area contributed by atoms with Gasteiger partial charge in [-0.3, -0.25) is 4.98 Å². The molecular formula is C7H7BrN2O. The lowest BCUT2D eigenvalue weighted by atomic mass is 10.2. The van der Waals surface area contributed by atoms with Crippen LogP contribution in [0.4, 0.5) is 0 Å². The van der Waals surface area contributed by atoms with Crippen molar-refractivity contribution in [3.63, 3.8) is 0 Å². The quantitative estimate of drug-likeness (QED) is 0.442. The molecule has 11 heavy (non-hydrogen) atoms. The highest BCUT2D eigenvalue weighted by Gasteiger charge is 1.99. The molecule has 0 saturated heterocycles. The summed E-state index contributed by atoms with van der Waals surface area (Å²) in [5.41, 5.74) is 1.82. The molecule has 0 fully saturated rings. The van der Waals surface area contributed by atoms with Crippen LogP contribution in [0, 0.1) is 6.92 Å². The molecule has 0 aliphatic rings. The van der Waals surface area contributed by atoms with Gasteiger partial charge in [-0.1, -0.05) is 5.16 Å². The SMILES string of the molecule is Cc1cncc(Br)c1/C=N\O. The molecule has 0 aliphatic heterocycles. The van der Waals surface area contributed by atoms with Crippen LogP contribution in [0.15, 0.2) is 22.0 Å². The van der Waals surface area contributed by atoms with Crippen LogP contribution in [0.5, 0.6) is 0 Å². The van der Waals surface area contributed by atoms with Crippen LogP contribution in [0.25, 0.3) is 0 Å². The molecule has 3 nitrogen and oxygen atoms in total. The van der Waals surface area contributed by atoms with Gasteiger partial charge in [0, 0.05) is 22.4 Å². The Bertz CT molecular complexity index is 266. The number of pyridine rings is 1. The van der Waals surface area contributed by atoms with Crippen molar-refractivity contribution in [3.05, 3.63) is 28.0 Å². The van der Waals surface area contributed by atoms with Gasteiger partial charge in [0.15, 0.2) is 0 Å². The molecule has 0 unspecified atom stereocenters. The van der Waals surface area contributed by atoms with E-state index in [9.17, 15) is 0 Å². The number of hydrogen-bond acceptors (Lipinski definition) is 3. The predicted molar refractivity (Wildman–Crippen MR) is 46.1 cm³/mol. The molecule has 4 heteroatoms. The van der Waals surface area contributed by atoms with Crippen molar-refractivity contribution >= 4 is 22.1 Å². The number of aromatic nitrogens is 1. The Kier molecular flexibility index (Phi) is 2.59. The molecule has 1 aromatic heterocycles. The first-order valence-electron chi connectivity index (χ1n) is 3.03. The van der Waals surface area contributed by atoms with Crippen molar-refractivity contribution in [1.29, 1.82) is 0 Å². The molecule has 0 saturated carbocycles. The van der Waals surface area contributed by atoms with E-state index in [4.69, 9.17) is 5.21 Å². The largest absolute Gasteiger partial charge is 0.411 e. The Morgan fingerprint density at radius 1 is 1.64 bits per heavy atom. The number of halogens is 1. The smallest absolute Gasteiger partial charge is 0.0748 e. The maximum Gasteiger partial charge on any atom is 0.0748 e. The summed E-state index contributed by atoms with van der Waals surface area (Å²) in [7, 11) is 0. The highest BCUT2D eigenvalue weighted by molar-refractivity contribution is 9.10. The van der Waals surface area contributed by atoms with Crippen molar-refractivity contribution in [2.45, 2.75) is 6.92 Å². The van der Waals surface area contributed by atoms with Gasteiger partial charge < -0.3 is 5.21 Å². The number of aryl methyl sites for hydroxylation is 1. The van der Waals surface area contributed by atoms with Gasteiger partial charge in [0.05, 0.1) is 6.21 Å². The molecule has 0 spiro atoms. The number of nitrogens with zero attached hydrogens (tertiary/aromatic N) is 2. The molecule has 1 N–H and O–H groups in total. The second kappa shape index (κ2) is 3.48. The lowest BCUT2D eigenvalue weighted by molar-refractivity contribution is 0.322. The molecule has 1 heterocycles. The summed E-state index contributed by atoms with van der Waals surface area (Å²) in [5, 5.41) is 11.2. The van der Waals surface area contributed by atoms with Gasteiger partial charge in [0.1, 0.15) is 0 Å². The first-order valence-corrected chi connectivity index (χ1v) is 3.82. The minimum absolute atomic E-state index is 0.829. The molecule has 1 rings (SSSR count). The Morgan fingerprint density at radius 2 is 2.36 bits per heavy atom. The van der Waals surface area contributed by atoms with Gasteiger partial charge in [-0.05, 0) is 28.4 Å². The third kappa shape index (κ3) is 1.77. The fraction of sp³-hybridized carbons (Fsp3) is 0.143. The van der Waals surface area contributed by atoms with Gasteiger partial charge in [0.2, 0.25) is 0 Å².